The molecule has 0 saturated heterocycles. The first-order valence-electron chi connectivity index (χ1n) is 5.76. The lowest BCUT2D eigenvalue weighted by Gasteiger charge is -2.29. The summed E-state index contributed by atoms with van der Waals surface area (Å²) in [6, 6.07) is 0.598. The number of ether oxygens (including phenoxy) is 1. The minimum atomic E-state index is -0.339. The Hall–Kier alpha value is -0.830. The first kappa shape index (κ1) is 12.2. The third-order valence-electron chi connectivity index (χ3n) is 3.03. The predicted octanol–water partition coefficient (Wildman–Crippen LogP) is 1.88. The minimum absolute atomic E-state index is 0.339. The van der Waals surface area contributed by atoms with Crippen LogP contribution in [0.25, 0.3) is 0 Å². The summed E-state index contributed by atoms with van der Waals surface area (Å²) in [4.78, 5) is 10.8. The molecule has 2 atom stereocenters. The summed E-state index contributed by atoms with van der Waals surface area (Å²) in [7, 11) is 0. The Kier molecular flexibility index (Phi) is 5.40. The molecule has 0 bridgehead atoms. The van der Waals surface area contributed by atoms with Crippen molar-refractivity contribution in [2.24, 2.45) is 5.92 Å². The molecule has 1 aliphatic rings. The van der Waals surface area contributed by atoms with E-state index in [9.17, 15) is 4.79 Å². The van der Waals surface area contributed by atoms with Gasteiger partial charge in [0, 0.05) is 18.7 Å². The van der Waals surface area contributed by atoms with Crippen molar-refractivity contribution in [1.29, 1.82) is 0 Å². The molecular formula is C12H21NO2. The first-order chi connectivity index (χ1) is 7.24. The summed E-state index contributed by atoms with van der Waals surface area (Å²) < 4.78 is 4.90. The van der Waals surface area contributed by atoms with Gasteiger partial charge in [0.15, 0.2) is 0 Å². The topological polar surface area (TPSA) is 38.3 Å². The van der Waals surface area contributed by atoms with Crippen LogP contribution in [0.2, 0.25) is 0 Å². The third-order valence-corrected chi connectivity index (χ3v) is 3.03. The van der Waals surface area contributed by atoms with Gasteiger partial charge in [-0.05, 0) is 18.8 Å². The van der Waals surface area contributed by atoms with Crippen LogP contribution in [0.4, 0.5) is 0 Å². The van der Waals surface area contributed by atoms with Gasteiger partial charge in [0.1, 0.15) is 6.61 Å². The van der Waals surface area contributed by atoms with Gasteiger partial charge in [0.05, 0.1) is 0 Å². The number of carbonyl (C=O) groups excluding carboxylic acids is 1. The first-order valence-corrected chi connectivity index (χ1v) is 5.76. The van der Waals surface area contributed by atoms with Crippen molar-refractivity contribution in [2.45, 2.75) is 38.6 Å². The van der Waals surface area contributed by atoms with Crippen LogP contribution in [-0.2, 0) is 9.53 Å². The van der Waals surface area contributed by atoms with E-state index in [2.05, 4.69) is 18.8 Å². The fourth-order valence-corrected chi connectivity index (χ4v) is 2.07. The summed E-state index contributed by atoms with van der Waals surface area (Å²) in [6.07, 6.45) is 6.42. The zero-order chi connectivity index (χ0) is 11.1. The normalized spacial score (nSPS) is 25.9. The van der Waals surface area contributed by atoms with Gasteiger partial charge in [-0.3, -0.25) is 0 Å². The van der Waals surface area contributed by atoms with E-state index in [0.717, 1.165) is 12.5 Å². The summed E-state index contributed by atoms with van der Waals surface area (Å²) in [5.41, 5.74) is 0. The van der Waals surface area contributed by atoms with Gasteiger partial charge in [-0.15, -0.1) is 0 Å². The van der Waals surface area contributed by atoms with Crippen molar-refractivity contribution in [2.75, 3.05) is 13.2 Å². The molecule has 0 amide bonds. The second-order valence-corrected chi connectivity index (χ2v) is 4.19. The largest absolute Gasteiger partial charge is 0.461 e. The molecular weight excluding hydrogens is 190 g/mol. The Balaban J connectivity index is 2.08. The van der Waals surface area contributed by atoms with Crippen molar-refractivity contribution in [1.82, 2.24) is 5.32 Å². The van der Waals surface area contributed by atoms with Crippen LogP contribution >= 0.6 is 0 Å². The second kappa shape index (κ2) is 6.62. The van der Waals surface area contributed by atoms with Gasteiger partial charge in [-0.1, -0.05) is 26.3 Å². The average Bonchev–Trinajstić information content (AvgIpc) is 2.26. The molecule has 1 N–H and O–H groups in total. The van der Waals surface area contributed by atoms with Gasteiger partial charge in [-0.25, -0.2) is 4.79 Å². The van der Waals surface area contributed by atoms with Crippen molar-refractivity contribution < 1.29 is 9.53 Å². The zero-order valence-corrected chi connectivity index (χ0v) is 9.50. The van der Waals surface area contributed by atoms with E-state index in [4.69, 9.17) is 4.74 Å². The summed E-state index contributed by atoms with van der Waals surface area (Å²) >= 11 is 0. The van der Waals surface area contributed by atoms with Gasteiger partial charge < -0.3 is 10.1 Å². The molecule has 0 aromatic rings. The minimum Gasteiger partial charge on any atom is -0.461 e. The molecule has 1 aliphatic carbocycles. The Morgan fingerprint density at radius 3 is 2.93 bits per heavy atom. The van der Waals surface area contributed by atoms with E-state index >= 15 is 0 Å². The fraction of sp³-hybridized carbons (Fsp3) is 0.750. The van der Waals surface area contributed by atoms with Gasteiger partial charge in [0.25, 0.3) is 0 Å². The van der Waals surface area contributed by atoms with Crippen molar-refractivity contribution >= 4 is 5.97 Å². The van der Waals surface area contributed by atoms with Crippen LogP contribution in [0.15, 0.2) is 12.7 Å². The molecule has 15 heavy (non-hydrogen) atoms. The summed E-state index contributed by atoms with van der Waals surface area (Å²) in [6.45, 7) is 6.81. The maximum Gasteiger partial charge on any atom is 0.330 e. The monoisotopic (exact) mass is 211 g/mol. The fourth-order valence-electron chi connectivity index (χ4n) is 2.07. The van der Waals surface area contributed by atoms with E-state index in [1.54, 1.807) is 0 Å². The summed E-state index contributed by atoms with van der Waals surface area (Å²) in [5, 5.41) is 3.44. The highest BCUT2D eigenvalue weighted by Gasteiger charge is 2.20. The Labute approximate surface area is 91.9 Å². The predicted molar refractivity (Wildman–Crippen MR) is 60.6 cm³/mol. The van der Waals surface area contributed by atoms with Crippen LogP contribution in [0.1, 0.15) is 32.6 Å². The van der Waals surface area contributed by atoms with Crippen LogP contribution in [0, 0.1) is 5.92 Å². The van der Waals surface area contributed by atoms with E-state index in [1.807, 2.05) is 0 Å². The molecule has 0 aromatic heterocycles. The quantitative estimate of drug-likeness (QED) is 0.429. The molecule has 1 rings (SSSR count). The number of hydrogen-bond donors (Lipinski definition) is 1. The number of nitrogens with one attached hydrogen (secondary N) is 1. The molecule has 1 saturated carbocycles. The summed E-state index contributed by atoms with van der Waals surface area (Å²) in [5.74, 6) is 0.405. The molecule has 0 spiro atoms. The maximum absolute atomic E-state index is 10.8. The molecule has 1 fully saturated rings. The van der Waals surface area contributed by atoms with Gasteiger partial charge in [0.2, 0.25) is 0 Å². The number of hydrogen-bond acceptors (Lipinski definition) is 3. The van der Waals surface area contributed by atoms with E-state index in [0.29, 0.717) is 12.6 Å². The number of esters is 1. The molecule has 0 heterocycles. The second-order valence-electron chi connectivity index (χ2n) is 4.19. The number of rotatable bonds is 5. The molecule has 3 nitrogen and oxygen atoms in total. The molecule has 86 valence electrons. The van der Waals surface area contributed by atoms with Crippen LogP contribution in [0.3, 0.4) is 0 Å². The van der Waals surface area contributed by atoms with Crippen LogP contribution < -0.4 is 5.32 Å². The number of carbonyl (C=O) groups is 1. The smallest absolute Gasteiger partial charge is 0.330 e. The Morgan fingerprint density at radius 2 is 2.27 bits per heavy atom. The molecule has 2 unspecified atom stereocenters. The van der Waals surface area contributed by atoms with Crippen molar-refractivity contribution in [3.63, 3.8) is 0 Å². The zero-order valence-electron chi connectivity index (χ0n) is 9.50. The lowest BCUT2D eigenvalue weighted by Crippen LogP contribution is -2.39. The standard InChI is InChI=1S/C12H21NO2/c1-3-12(14)15-9-8-13-11-7-5-4-6-10(11)2/h3,10-11,13H,1,4-9H2,2H3. The SMILES string of the molecule is C=CC(=O)OCCNC1CCCCC1C. The molecule has 0 aliphatic heterocycles. The third kappa shape index (κ3) is 4.47. The highest BCUT2D eigenvalue weighted by molar-refractivity contribution is 5.81. The van der Waals surface area contributed by atoms with E-state index in [1.165, 1.54) is 31.8 Å². The lowest BCUT2D eigenvalue weighted by molar-refractivity contribution is -0.137. The van der Waals surface area contributed by atoms with E-state index < -0.39 is 0 Å². The van der Waals surface area contributed by atoms with Gasteiger partial charge >= 0.3 is 5.97 Å². The van der Waals surface area contributed by atoms with Gasteiger partial charge in [-0.2, -0.15) is 0 Å². The van der Waals surface area contributed by atoms with Crippen LogP contribution in [-0.4, -0.2) is 25.2 Å². The van der Waals surface area contributed by atoms with Crippen LogP contribution in [0.5, 0.6) is 0 Å². The maximum atomic E-state index is 10.8. The molecule has 0 aromatic carbocycles. The highest BCUT2D eigenvalue weighted by Crippen LogP contribution is 2.23. The van der Waals surface area contributed by atoms with E-state index in [-0.39, 0.29) is 5.97 Å². The van der Waals surface area contributed by atoms with Crippen molar-refractivity contribution in [3.05, 3.63) is 12.7 Å². The Morgan fingerprint density at radius 1 is 1.53 bits per heavy atom. The Bertz CT molecular complexity index is 216. The molecule has 3 heteroatoms. The highest BCUT2D eigenvalue weighted by atomic mass is 16.5. The lowest BCUT2D eigenvalue weighted by atomic mass is 9.86. The average molecular weight is 211 g/mol. The van der Waals surface area contributed by atoms with Crippen molar-refractivity contribution in [3.8, 4) is 0 Å². The molecule has 0 radical (unpaired) electrons.